The third kappa shape index (κ3) is 3.76. The minimum Gasteiger partial charge on any atom is -0.393 e. The number of carbonyl (C=O) groups excluding carboxylic acids is 1. The fourth-order valence-electron chi connectivity index (χ4n) is 2.40. The number of aliphatic hydroxyl groups excluding tert-OH is 1. The molecule has 0 aliphatic carbocycles. The van der Waals surface area contributed by atoms with Crippen LogP contribution in [-0.4, -0.2) is 28.6 Å². The summed E-state index contributed by atoms with van der Waals surface area (Å²) in [5.41, 5.74) is 0.539. The Labute approximate surface area is 133 Å². The largest absolute Gasteiger partial charge is 0.393 e. The number of aryl methyl sites for hydroxylation is 1. The van der Waals surface area contributed by atoms with E-state index >= 15 is 0 Å². The lowest BCUT2D eigenvalue weighted by molar-refractivity contribution is 0.0919. The maximum Gasteiger partial charge on any atom is 0.256 e. The fraction of sp³-hybridized carbons (Fsp3) is 0.412. The maximum absolute atomic E-state index is 13.5. The zero-order valence-corrected chi connectivity index (χ0v) is 13.4. The van der Waals surface area contributed by atoms with Crippen molar-refractivity contribution < 1.29 is 14.3 Å². The van der Waals surface area contributed by atoms with Gasteiger partial charge in [-0.25, -0.2) is 4.39 Å². The van der Waals surface area contributed by atoms with E-state index in [-0.39, 0.29) is 23.4 Å². The van der Waals surface area contributed by atoms with Crippen molar-refractivity contribution in [3.8, 4) is 0 Å². The third-order valence-electron chi connectivity index (χ3n) is 3.89. The van der Waals surface area contributed by atoms with Crippen LogP contribution in [0.5, 0.6) is 0 Å². The molecule has 2 aromatic rings. The summed E-state index contributed by atoms with van der Waals surface area (Å²) >= 11 is 0. The van der Waals surface area contributed by atoms with Gasteiger partial charge < -0.3 is 15.4 Å². The highest BCUT2D eigenvalue weighted by atomic mass is 19.1. The number of benzene rings is 1. The smallest absolute Gasteiger partial charge is 0.256 e. The van der Waals surface area contributed by atoms with Gasteiger partial charge >= 0.3 is 0 Å². The second kappa shape index (κ2) is 6.91. The van der Waals surface area contributed by atoms with Crippen molar-refractivity contribution in [2.45, 2.75) is 33.3 Å². The number of H-pyrrole nitrogens is 1. The summed E-state index contributed by atoms with van der Waals surface area (Å²) < 4.78 is 13.5. The summed E-state index contributed by atoms with van der Waals surface area (Å²) in [6, 6.07) is 2.45. The van der Waals surface area contributed by atoms with Crippen LogP contribution in [0, 0.1) is 18.7 Å². The van der Waals surface area contributed by atoms with Crippen LogP contribution in [0.2, 0.25) is 0 Å². The average molecular weight is 320 g/mol. The minimum absolute atomic E-state index is 0.0680. The van der Waals surface area contributed by atoms with Gasteiger partial charge in [-0.1, -0.05) is 13.8 Å². The van der Waals surface area contributed by atoms with Gasteiger partial charge in [-0.05, 0) is 37.0 Å². The number of hydrogen-bond acceptors (Lipinski definition) is 3. The number of carbonyl (C=O) groups is 1. The molecule has 1 amide bonds. The monoisotopic (exact) mass is 320 g/mol. The molecule has 1 unspecified atom stereocenters. The zero-order chi connectivity index (χ0) is 17.1. The second-order valence-corrected chi connectivity index (χ2v) is 6.03. The Kier molecular flexibility index (Phi) is 5.15. The first-order valence-electron chi connectivity index (χ1n) is 7.59. The molecule has 0 spiro atoms. The lowest BCUT2D eigenvalue weighted by Gasteiger charge is -2.14. The van der Waals surface area contributed by atoms with Gasteiger partial charge in [0.2, 0.25) is 5.43 Å². The molecule has 1 aromatic heterocycles. The van der Waals surface area contributed by atoms with Crippen LogP contribution >= 0.6 is 0 Å². The molecule has 0 bridgehead atoms. The van der Waals surface area contributed by atoms with Crippen molar-refractivity contribution in [1.29, 1.82) is 0 Å². The van der Waals surface area contributed by atoms with E-state index in [4.69, 9.17) is 0 Å². The van der Waals surface area contributed by atoms with Gasteiger partial charge in [0.25, 0.3) is 5.91 Å². The zero-order valence-electron chi connectivity index (χ0n) is 13.4. The fourth-order valence-corrected chi connectivity index (χ4v) is 2.40. The van der Waals surface area contributed by atoms with E-state index < -0.39 is 23.3 Å². The molecular weight excluding hydrogens is 299 g/mol. The first-order valence-corrected chi connectivity index (χ1v) is 7.59. The molecule has 0 aliphatic heterocycles. The summed E-state index contributed by atoms with van der Waals surface area (Å²) in [6.45, 7) is 5.72. The number of amides is 1. The van der Waals surface area contributed by atoms with Crippen molar-refractivity contribution in [1.82, 2.24) is 10.3 Å². The quantitative estimate of drug-likeness (QED) is 0.789. The molecule has 0 fully saturated rings. The van der Waals surface area contributed by atoms with Gasteiger partial charge in [-0.15, -0.1) is 0 Å². The summed E-state index contributed by atoms with van der Waals surface area (Å²) in [6.07, 6.45) is 1.23. The molecule has 23 heavy (non-hydrogen) atoms. The van der Waals surface area contributed by atoms with E-state index in [9.17, 15) is 19.1 Å². The van der Waals surface area contributed by atoms with Gasteiger partial charge in [0.05, 0.1) is 11.6 Å². The summed E-state index contributed by atoms with van der Waals surface area (Å²) in [5.74, 6) is -0.953. The van der Waals surface area contributed by atoms with Crippen LogP contribution in [0.15, 0.2) is 23.1 Å². The van der Waals surface area contributed by atoms with E-state index in [2.05, 4.69) is 10.3 Å². The van der Waals surface area contributed by atoms with Crippen molar-refractivity contribution in [3.63, 3.8) is 0 Å². The lowest BCUT2D eigenvalue weighted by atomic mass is 10.0. The number of pyridine rings is 1. The van der Waals surface area contributed by atoms with Crippen molar-refractivity contribution in [2.24, 2.45) is 5.92 Å². The maximum atomic E-state index is 13.5. The standard InChI is InChI=1S/C17H21FN2O3/c1-9(2)14(21)4-5-19-17(23)13-8-20-15-10(3)6-11(18)7-12(15)16(13)22/h6-9,14,21H,4-5H2,1-3H3,(H,19,23)(H,20,22). The number of aromatic nitrogens is 1. The van der Waals surface area contributed by atoms with Gasteiger partial charge in [-0.3, -0.25) is 9.59 Å². The average Bonchev–Trinajstić information content (AvgIpc) is 2.47. The molecule has 5 nitrogen and oxygen atoms in total. The Morgan fingerprint density at radius 3 is 2.74 bits per heavy atom. The SMILES string of the molecule is Cc1cc(F)cc2c(=O)c(C(=O)NCCC(O)C(C)C)c[nH]c12. The van der Waals surface area contributed by atoms with Gasteiger partial charge in [0.15, 0.2) is 0 Å². The molecule has 1 aromatic carbocycles. The Morgan fingerprint density at radius 1 is 1.39 bits per heavy atom. The molecule has 0 radical (unpaired) electrons. The molecule has 1 atom stereocenters. The first-order chi connectivity index (χ1) is 10.8. The minimum atomic E-state index is -0.536. The molecule has 1 heterocycles. The molecule has 3 N–H and O–H groups in total. The van der Waals surface area contributed by atoms with E-state index in [0.717, 1.165) is 6.07 Å². The number of hydrogen-bond donors (Lipinski definition) is 3. The first kappa shape index (κ1) is 17.1. The van der Waals surface area contributed by atoms with Crippen molar-refractivity contribution >= 4 is 16.8 Å². The molecule has 6 heteroatoms. The van der Waals surface area contributed by atoms with E-state index in [0.29, 0.717) is 17.5 Å². The normalized spacial score (nSPS) is 12.6. The number of aliphatic hydroxyl groups is 1. The second-order valence-electron chi connectivity index (χ2n) is 6.03. The lowest BCUT2D eigenvalue weighted by Crippen LogP contribution is -2.32. The van der Waals surface area contributed by atoms with Gasteiger partial charge in [-0.2, -0.15) is 0 Å². The van der Waals surface area contributed by atoms with Crippen LogP contribution in [0.25, 0.3) is 10.9 Å². The van der Waals surface area contributed by atoms with Crippen LogP contribution in [-0.2, 0) is 0 Å². The third-order valence-corrected chi connectivity index (χ3v) is 3.89. The van der Waals surface area contributed by atoms with Crippen LogP contribution in [0.4, 0.5) is 4.39 Å². The molecule has 0 saturated carbocycles. The van der Waals surface area contributed by atoms with Gasteiger partial charge in [0.1, 0.15) is 11.4 Å². The van der Waals surface area contributed by atoms with E-state index in [1.165, 1.54) is 12.3 Å². The van der Waals surface area contributed by atoms with E-state index in [1.807, 2.05) is 13.8 Å². The number of halogens is 1. The number of rotatable bonds is 5. The summed E-state index contributed by atoms with van der Waals surface area (Å²) in [5, 5.41) is 12.5. The van der Waals surface area contributed by atoms with Crippen molar-refractivity contribution in [3.05, 3.63) is 45.5 Å². The highest BCUT2D eigenvalue weighted by Crippen LogP contribution is 2.15. The van der Waals surface area contributed by atoms with Crippen molar-refractivity contribution in [2.75, 3.05) is 6.54 Å². The Bertz CT molecular complexity index is 783. The molecule has 0 aliphatic rings. The Balaban J connectivity index is 2.22. The van der Waals surface area contributed by atoms with Crippen LogP contribution in [0.1, 0.15) is 36.2 Å². The molecule has 2 rings (SSSR count). The van der Waals surface area contributed by atoms with Crippen LogP contribution < -0.4 is 10.7 Å². The molecular formula is C17H21FN2O3. The number of nitrogens with one attached hydrogen (secondary N) is 2. The van der Waals surface area contributed by atoms with E-state index in [1.54, 1.807) is 6.92 Å². The van der Waals surface area contributed by atoms with Gasteiger partial charge in [0, 0.05) is 18.1 Å². The highest BCUT2D eigenvalue weighted by Gasteiger charge is 2.15. The number of fused-ring (bicyclic) bond motifs is 1. The Hall–Kier alpha value is -2.21. The summed E-state index contributed by atoms with van der Waals surface area (Å²) in [4.78, 5) is 27.4. The molecule has 0 saturated heterocycles. The topological polar surface area (TPSA) is 82.2 Å². The Morgan fingerprint density at radius 2 is 2.09 bits per heavy atom. The highest BCUT2D eigenvalue weighted by molar-refractivity contribution is 5.97. The number of aromatic amines is 1. The van der Waals surface area contributed by atoms with Crippen LogP contribution in [0.3, 0.4) is 0 Å². The molecule has 124 valence electrons. The predicted octanol–water partition coefficient (Wildman–Crippen LogP) is 2.11. The summed E-state index contributed by atoms with van der Waals surface area (Å²) in [7, 11) is 0. The predicted molar refractivity (Wildman–Crippen MR) is 87.1 cm³/mol.